The first-order valence-electron chi connectivity index (χ1n) is 4.82. The van der Waals surface area contributed by atoms with Gasteiger partial charge in [-0.25, -0.2) is 4.79 Å². The van der Waals surface area contributed by atoms with Crippen LogP contribution >= 0.6 is 19.6 Å². The van der Waals surface area contributed by atoms with E-state index < -0.39 is 14.1 Å². The van der Waals surface area contributed by atoms with Crippen LogP contribution in [0.3, 0.4) is 0 Å². The fraction of sp³-hybridized carbons (Fsp3) is 0.875. The van der Waals surface area contributed by atoms with Gasteiger partial charge in [-0.15, -0.1) is 16.1 Å². The van der Waals surface area contributed by atoms with Crippen molar-refractivity contribution in [3.63, 3.8) is 0 Å². The van der Waals surface area contributed by atoms with Crippen molar-refractivity contribution in [3.05, 3.63) is 0 Å². The summed E-state index contributed by atoms with van der Waals surface area (Å²) >= 11 is 5.35. The first kappa shape index (κ1) is 15.6. The van der Waals surface area contributed by atoms with Gasteiger partial charge in [-0.3, -0.25) is 5.32 Å². The third-order valence-corrected chi connectivity index (χ3v) is 2.50. The second-order valence-electron chi connectivity index (χ2n) is 2.53. The fourth-order valence-electron chi connectivity index (χ4n) is 0.704. The summed E-state index contributed by atoms with van der Waals surface area (Å²) in [6.07, 6.45) is -0.262. The highest BCUT2D eigenvalue weighted by Crippen LogP contribution is 2.20. The Morgan fingerprint density at radius 3 is 2.81 bits per heavy atom. The molecule has 8 heteroatoms. The smallest absolute Gasteiger partial charge is 0.450 e. The standard InChI is InChI=1S/C8H15ClNO5P/c1-2-14-8(11)10-7-13-5-6-16(12)15-4-3-9/h2-7H2,1H3/p+1. The first-order valence-corrected chi connectivity index (χ1v) is 6.72. The monoisotopic (exact) mass is 272 g/mol. The van der Waals surface area contributed by atoms with Crippen molar-refractivity contribution in [1.29, 1.82) is 0 Å². The normalized spacial score (nSPS) is 11.0. The molecule has 94 valence electrons. The second kappa shape index (κ2) is 11.1. The van der Waals surface area contributed by atoms with Crippen molar-refractivity contribution in [2.24, 2.45) is 0 Å². The minimum absolute atomic E-state index is 0.0253. The van der Waals surface area contributed by atoms with Gasteiger partial charge in [-0.2, -0.15) is 0 Å². The Bertz CT molecular complexity index is 217. The number of nitrogens with one attached hydrogen (secondary N) is 1. The summed E-state index contributed by atoms with van der Waals surface area (Å²) in [5, 5.41) is 2.36. The van der Waals surface area contributed by atoms with Gasteiger partial charge in [0.15, 0.2) is 0 Å². The van der Waals surface area contributed by atoms with Gasteiger partial charge >= 0.3 is 14.1 Å². The minimum atomic E-state index is -1.73. The van der Waals surface area contributed by atoms with Crippen LogP contribution in [0.2, 0.25) is 0 Å². The molecule has 0 saturated carbocycles. The molecular formula is C8H16ClNO5P+. The van der Waals surface area contributed by atoms with Gasteiger partial charge in [0.2, 0.25) is 6.16 Å². The van der Waals surface area contributed by atoms with Crippen molar-refractivity contribution in [2.45, 2.75) is 6.92 Å². The Morgan fingerprint density at radius 2 is 2.19 bits per heavy atom. The molecule has 0 aliphatic heterocycles. The van der Waals surface area contributed by atoms with Crippen LogP contribution in [0.1, 0.15) is 6.92 Å². The summed E-state index contributed by atoms with van der Waals surface area (Å²) in [5.74, 6) is 0.312. The van der Waals surface area contributed by atoms with E-state index in [2.05, 4.69) is 10.1 Å². The third kappa shape index (κ3) is 10.1. The fourth-order valence-corrected chi connectivity index (χ4v) is 1.59. The predicted molar refractivity (Wildman–Crippen MR) is 60.1 cm³/mol. The van der Waals surface area contributed by atoms with E-state index >= 15 is 0 Å². The highest BCUT2D eigenvalue weighted by atomic mass is 35.5. The van der Waals surface area contributed by atoms with Crippen LogP contribution in [0.25, 0.3) is 0 Å². The number of carbonyl (C=O) groups excluding carboxylic acids is 1. The van der Waals surface area contributed by atoms with Crippen LogP contribution in [-0.4, -0.2) is 44.7 Å². The molecule has 6 nitrogen and oxygen atoms in total. The van der Waals surface area contributed by atoms with Crippen LogP contribution in [0, 0.1) is 0 Å². The lowest BCUT2D eigenvalue weighted by molar-refractivity contribution is 0.105. The van der Waals surface area contributed by atoms with Crippen molar-refractivity contribution >= 4 is 25.7 Å². The zero-order chi connectivity index (χ0) is 12.2. The Morgan fingerprint density at radius 1 is 1.44 bits per heavy atom. The molecule has 0 heterocycles. The lowest BCUT2D eigenvalue weighted by Crippen LogP contribution is -2.27. The Kier molecular flexibility index (Phi) is 10.8. The average molecular weight is 273 g/mol. The number of ether oxygens (including phenoxy) is 2. The lowest BCUT2D eigenvalue weighted by atomic mass is 10.8. The number of alkyl carbamates (subject to hydrolysis) is 1. The van der Waals surface area contributed by atoms with Gasteiger partial charge in [0.25, 0.3) is 0 Å². The second-order valence-corrected chi connectivity index (χ2v) is 4.28. The molecule has 0 saturated heterocycles. The molecule has 0 radical (unpaired) electrons. The van der Waals surface area contributed by atoms with Gasteiger partial charge < -0.3 is 9.47 Å². The summed E-state index contributed by atoms with van der Waals surface area (Å²) in [6, 6.07) is 0. The molecule has 0 bridgehead atoms. The molecule has 0 aliphatic carbocycles. The molecule has 0 aromatic carbocycles. The van der Waals surface area contributed by atoms with E-state index in [1.165, 1.54) is 0 Å². The van der Waals surface area contributed by atoms with Crippen LogP contribution in [-0.2, 0) is 18.6 Å². The van der Waals surface area contributed by atoms with Crippen molar-refractivity contribution in [3.8, 4) is 0 Å². The summed E-state index contributed by atoms with van der Waals surface area (Å²) in [4.78, 5) is 10.8. The number of halogens is 1. The molecule has 0 spiro atoms. The number of amides is 1. The van der Waals surface area contributed by atoms with E-state index in [1.54, 1.807) is 6.92 Å². The largest absolute Gasteiger partial charge is 0.510 e. The molecule has 16 heavy (non-hydrogen) atoms. The Balaban J connectivity index is 3.26. The van der Waals surface area contributed by atoms with Crippen molar-refractivity contribution in [1.82, 2.24) is 5.32 Å². The molecule has 1 atom stereocenters. The summed E-state index contributed by atoms with van der Waals surface area (Å²) in [5.41, 5.74) is 0. The third-order valence-electron chi connectivity index (χ3n) is 1.32. The van der Waals surface area contributed by atoms with Crippen molar-refractivity contribution < 1.29 is 23.4 Å². The van der Waals surface area contributed by atoms with E-state index in [0.29, 0.717) is 12.5 Å². The molecular weight excluding hydrogens is 257 g/mol. The predicted octanol–water partition coefficient (Wildman–Crippen LogP) is 1.70. The number of alkyl halides is 1. The summed E-state index contributed by atoms with van der Waals surface area (Å²) < 4.78 is 25.5. The van der Waals surface area contributed by atoms with Gasteiger partial charge in [-0.05, 0) is 11.5 Å². The highest BCUT2D eigenvalue weighted by molar-refractivity contribution is 7.39. The molecule has 1 amide bonds. The van der Waals surface area contributed by atoms with Crippen molar-refractivity contribution in [2.75, 3.05) is 38.6 Å². The van der Waals surface area contributed by atoms with E-state index in [-0.39, 0.29) is 26.1 Å². The molecule has 0 aromatic heterocycles. The van der Waals surface area contributed by atoms with Crippen LogP contribution < -0.4 is 5.32 Å². The Hall–Kier alpha value is -0.420. The van der Waals surface area contributed by atoms with E-state index in [4.69, 9.17) is 20.9 Å². The van der Waals surface area contributed by atoms with E-state index in [0.717, 1.165) is 0 Å². The number of rotatable bonds is 9. The van der Waals surface area contributed by atoms with Gasteiger partial charge in [0.05, 0.1) is 19.1 Å². The summed E-state index contributed by atoms with van der Waals surface area (Å²) in [6.45, 7) is 2.54. The molecule has 0 rings (SSSR count). The zero-order valence-electron chi connectivity index (χ0n) is 9.11. The molecule has 0 aromatic rings. The average Bonchev–Trinajstić information content (AvgIpc) is 2.26. The number of hydrogen-bond donors (Lipinski definition) is 1. The van der Waals surface area contributed by atoms with Gasteiger partial charge in [-0.1, -0.05) is 0 Å². The maximum atomic E-state index is 11.1. The zero-order valence-corrected chi connectivity index (χ0v) is 10.8. The molecule has 1 unspecified atom stereocenters. The number of carbonyl (C=O) groups is 1. The van der Waals surface area contributed by atoms with Crippen LogP contribution in [0.4, 0.5) is 4.79 Å². The molecule has 0 aliphatic rings. The SMILES string of the molecule is CCOC(=O)NCOCC[P+](=O)OCCCl. The van der Waals surface area contributed by atoms with Crippen LogP contribution in [0.5, 0.6) is 0 Å². The minimum Gasteiger partial charge on any atom is -0.450 e. The maximum absolute atomic E-state index is 11.1. The topological polar surface area (TPSA) is 73.9 Å². The lowest BCUT2D eigenvalue weighted by Gasteiger charge is -2.03. The van der Waals surface area contributed by atoms with Crippen LogP contribution in [0.15, 0.2) is 0 Å². The number of hydrogen-bond acceptors (Lipinski definition) is 5. The molecule has 1 N–H and O–H groups in total. The van der Waals surface area contributed by atoms with E-state index in [1.807, 2.05) is 0 Å². The summed E-state index contributed by atoms with van der Waals surface area (Å²) in [7, 11) is -1.73. The van der Waals surface area contributed by atoms with Gasteiger partial charge in [0, 0.05) is 0 Å². The van der Waals surface area contributed by atoms with E-state index in [9.17, 15) is 9.36 Å². The maximum Gasteiger partial charge on any atom is 0.510 e. The first-order chi connectivity index (χ1) is 7.70. The van der Waals surface area contributed by atoms with Gasteiger partial charge in [0.1, 0.15) is 13.3 Å². The highest BCUT2D eigenvalue weighted by Gasteiger charge is 2.16. The quantitative estimate of drug-likeness (QED) is 0.299. The molecule has 0 fully saturated rings. The Labute approximate surface area is 100 Å².